The number of para-hydroxylation sites is 1. The summed E-state index contributed by atoms with van der Waals surface area (Å²) in [5, 5.41) is 3.22. The van der Waals surface area contributed by atoms with E-state index >= 15 is 0 Å². The first-order valence-corrected chi connectivity index (χ1v) is 10.6. The van der Waals surface area contributed by atoms with Gasteiger partial charge in [-0.05, 0) is 31.0 Å². The highest BCUT2D eigenvalue weighted by atomic mass is 19.1. The number of aromatic nitrogens is 3. The third kappa shape index (κ3) is 3.59. The van der Waals surface area contributed by atoms with Crippen molar-refractivity contribution in [2.24, 2.45) is 7.05 Å². The molecule has 2 aromatic heterocycles. The minimum Gasteiger partial charge on any atom is -0.380 e. The molecular formula is C24H20BFN4O3. The van der Waals surface area contributed by atoms with Gasteiger partial charge >= 0.3 is 5.69 Å². The molecule has 2 heterocycles. The molecule has 1 saturated carbocycles. The minimum atomic E-state index is -0.491. The Labute approximate surface area is 189 Å². The van der Waals surface area contributed by atoms with Gasteiger partial charge in [-0.1, -0.05) is 35.8 Å². The van der Waals surface area contributed by atoms with Gasteiger partial charge in [-0.15, -0.1) is 0 Å². The summed E-state index contributed by atoms with van der Waals surface area (Å²) in [6.07, 6.45) is 1.47. The number of nitrogens with one attached hydrogen (secondary N) is 1. The highest BCUT2D eigenvalue weighted by Crippen LogP contribution is 2.33. The Hall–Kier alpha value is -3.88. The highest BCUT2D eigenvalue weighted by molar-refractivity contribution is 6.32. The molecule has 0 unspecified atom stereocenters. The molecule has 1 N–H and O–H groups in total. The molecule has 4 aromatic rings. The maximum Gasteiger partial charge on any atom is 0.337 e. The van der Waals surface area contributed by atoms with Crippen molar-refractivity contribution in [3.05, 3.63) is 97.2 Å². The fraction of sp³-hybridized carbons (Fsp3) is 0.208. The van der Waals surface area contributed by atoms with Crippen molar-refractivity contribution in [1.82, 2.24) is 13.7 Å². The van der Waals surface area contributed by atoms with Gasteiger partial charge < -0.3 is 5.32 Å². The van der Waals surface area contributed by atoms with E-state index in [2.05, 4.69) is 5.32 Å². The molecule has 0 saturated heterocycles. The number of rotatable bonds is 5. The Morgan fingerprint density at radius 1 is 1.06 bits per heavy atom. The zero-order valence-electron chi connectivity index (χ0n) is 17.9. The van der Waals surface area contributed by atoms with Crippen LogP contribution in [0.25, 0.3) is 16.7 Å². The Morgan fingerprint density at radius 2 is 1.79 bits per heavy atom. The number of hydrogen-bond donors (Lipinski definition) is 1. The van der Waals surface area contributed by atoms with Gasteiger partial charge in [0.25, 0.3) is 11.1 Å². The standard InChI is InChI=1S/C24H20BFN4O3/c1-28-20(31)12-19(27-13-14-11-15(25)7-10-18(14)26)21-22(28)29(16-5-3-2-4-6-16)24(33)30(23(21)32)17-8-9-17/h2-7,10-12,17,27H,8-9,13H2,1H3. The zero-order valence-corrected chi connectivity index (χ0v) is 17.9. The lowest BCUT2D eigenvalue weighted by atomic mass is 9.94. The smallest absolute Gasteiger partial charge is 0.337 e. The maximum absolute atomic E-state index is 14.3. The Kier molecular flexibility index (Phi) is 5.04. The fourth-order valence-corrected chi connectivity index (χ4v) is 4.09. The summed E-state index contributed by atoms with van der Waals surface area (Å²) >= 11 is 0. The van der Waals surface area contributed by atoms with Crippen molar-refractivity contribution in [1.29, 1.82) is 0 Å². The van der Waals surface area contributed by atoms with Crippen molar-refractivity contribution in [3.63, 3.8) is 0 Å². The minimum absolute atomic E-state index is 0.00642. The molecule has 0 bridgehead atoms. The quantitative estimate of drug-likeness (QED) is 0.478. The second-order valence-corrected chi connectivity index (χ2v) is 8.22. The SMILES string of the molecule is [B]c1ccc(F)c(CNc2cc(=O)n(C)c3c2c(=O)n(C2CC2)c(=O)n3-c2ccccc2)c1. The van der Waals surface area contributed by atoms with Gasteiger partial charge in [0, 0.05) is 31.3 Å². The number of hydrogen-bond acceptors (Lipinski definition) is 4. The topological polar surface area (TPSA) is 78.0 Å². The summed E-state index contributed by atoms with van der Waals surface area (Å²) in [7, 11) is 7.30. The van der Waals surface area contributed by atoms with Gasteiger partial charge in [0.15, 0.2) is 0 Å². The lowest BCUT2D eigenvalue weighted by Gasteiger charge is -2.19. The number of fused-ring (bicyclic) bond motifs is 1. The van der Waals surface area contributed by atoms with Gasteiger partial charge in [0.1, 0.15) is 24.7 Å². The molecule has 7 nitrogen and oxygen atoms in total. The Bertz CT molecular complexity index is 1570. The molecule has 164 valence electrons. The normalized spacial score (nSPS) is 13.4. The molecule has 5 rings (SSSR count). The summed E-state index contributed by atoms with van der Waals surface area (Å²) in [6, 6.07) is 14.2. The summed E-state index contributed by atoms with van der Waals surface area (Å²) in [5.41, 5.74) is 0.265. The molecule has 0 spiro atoms. The van der Waals surface area contributed by atoms with Crippen LogP contribution in [-0.2, 0) is 13.6 Å². The monoisotopic (exact) mass is 442 g/mol. The molecular weight excluding hydrogens is 422 g/mol. The van der Waals surface area contributed by atoms with Crippen LogP contribution in [0.3, 0.4) is 0 Å². The predicted octanol–water partition coefficient (Wildman–Crippen LogP) is 1.73. The highest BCUT2D eigenvalue weighted by Gasteiger charge is 2.30. The largest absolute Gasteiger partial charge is 0.380 e. The zero-order chi connectivity index (χ0) is 23.3. The maximum atomic E-state index is 14.3. The molecule has 1 aliphatic rings. The summed E-state index contributed by atoms with van der Waals surface area (Å²) in [4.78, 5) is 39.8. The van der Waals surface area contributed by atoms with Gasteiger partial charge in [-0.2, -0.15) is 0 Å². The summed E-state index contributed by atoms with van der Waals surface area (Å²) < 4.78 is 18.2. The first-order valence-electron chi connectivity index (χ1n) is 10.6. The summed E-state index contributed by atoms with van der Waals surface area (Å²) in [5.74, 6) is -0.457. The second kappa shape index (κ2) is 7.92. The molecule has 1 aliphatic carbocycles. The molecule has 0 atom stereocenters. The second-order valence-electron chi connectivity index (χ2n) is 8.22. The van der Waals surface area contributed by atoms with Crippen molar-refractivity contribution < 1.29 is 4.39 Å². The van der Waals surface area contributed by atoms with Crippen LogP contribution in [0.1, 0.15) is 24.4 Å². The van der Waals surface area contributed by atoms with E-state index in [1.807, 2.05) is 6.07 Å². The number of halogens is 1. The average molecular weight is 442 g/mol. The molecule has 0 amide bonds. The van der Waals surface area contributed by atoms with Crippen molar-refractivity contribution >= 4 is 30.0 Å². The Balaban J connectivity index is 1.80. The lowest BCUT2D eigenvalue weighted by Crippen LogP contribution is -2.41. The molecule has 2 radical (unpaired) electrons. The van der Waals surface area contributed by atoms with Crippen LogP contribution >= 0.6 is 0 Å². The van der Waals surface area contributed by atoms with Crippen LogP contribution in [0, 0.1) is 5.82 Å². The number of aryl methyl sites for hydroxylation is 1. The van der Waals surface area contributed by atoms with Gasteiger partial charge in [0.05, 0.1) is 11.4 Å². The first kappa shape index (κ1) is 21.0. The van der Waals surface area contributed by atoms with Gasteiger partial charge in [-0.25, -0.2) is 13.8 Å². The Morgan fingerprint density at radius 3 is 2.48 bits per heavy atom. The first-order chi connectivity index (χ1) is 15.9. The van der Waals surface area contributed by atoms with Crippen molar-refractivity contribution in [2.75, 3.05) is 5.32 Å². The van der Waals surface area contributed by atoms with Crippen LogP contribution < -0.4 is 27.6 Å². The number of nitrogens with zero attached hydrogens (tertiary/aromatic N) is 3. The third-order valence-corrected chi connectivity index (χ3v) is 5.92. The molecule has 2 aromatic carbocycles. The van der Waals surface area contributed by atoms with Gasteiger partial charge in [0.2, 0.25) is 0 Å². The van der Waals surface area contributed by atoms with E-state index in [0.717, 1.165) is 12.8 Å². The van der Waals surface area contributed by atoms with Gasteiger partial charge in [-0.3, -0.25) is 18.7 Å². The van der Waals surface area contributed by atoms with E-state index < -0.39 is 22.6 Å². The van der Waals surface area contributed by atoms with Crippen LogP contribution in [0.2, 0.25) is 0 Å². The van der Waals surface area contributed by atoms with E-state index in [-0.39, 0.29) is 29.3 Å². The van der Waals surface area contributed by atoms with E-state index in [4.69, 9.17) is 7.85 Å². The molecule has 33 heavy (non-hydrogen) atoms. The van der Waals surface area contributed by atoms with Crippen LogP contribution in [0.4, 0.5) is 10.1 Å². The number of anilines is 1. The number of benzene rings is 2. The molecule has 1 fully saturated rings. The fourth-order valence-electron chi connectivity index (χ4n) is 4.09. The lowest BCUT2D eigenvalue weighted by molar-refractivity contribution is 0.613. The van der Waals surface area contributed by atoms with Crippen molar-refractivity contribution in [2.45, 2.75) is 25.4 Å². The number of pyridine rings is 1. The van der Waals surface area contributed by atoms with E-state index in [0.29, 0.717) is 16.7 Å². The molecule has 9 heteroatoms. The van der Waals surface area contributed by atoms with Crippen LogP contribution in [0.15, 0.2) is 69.0 Å². The van der Waals surface area contributed by atoms with E-state index in [1.165, 1.54) is 45.0 Å². The van der Waals surface area contributed by atoms with Crippen LogP contribution in [0.5, 0.6) is 0 Å². The summed E-state index contributed by atoms with van der Waals surface area (Å²) in [6.45, 7) is 0.00642. The van der Waals surface area contributed by atoms with E-state index in [9.17, 15) is 18.8 Å². The van der Waals surface area contributed by atoms with Crippen LogP contribution in [-0.4, -0.2) is 21.5 Å². The third-order valence-electron chi connectivity index (χ3n) is 5.92. The predicted molar refractivity (Wildman–Crippen MR) is 126 cm³/mol. The molecule has 0 aliphatic heterocycles. The van der Waals surface area contributed by atoms with E-state index in [1.54, 1.807) is 24.3 Å². The van der Waals surface area contributed by atoms with Crippen molar-refractivity contribution in [3.8, 4) is 5.69 Å². The average Bonchev–Trinajstić information content (AvgIpc) is 3.63.